The third-order valence-electron chi connectivity index (χ3n) is 3.33. The molecule has 24 heavy (non-hydrogen) atoms. The molecule has 0 aliphatic heterocycles. The highest BCUT2D eigenvalue weighted by Gasteiger charge is 2.16. The van der Waals surface area contributed by atoms with Gasteiger partial charge in [0, 0.05) is 0 Å². The Morgan fingerprint density at radius 2 is 1.88 bits per heavy atom. The lowest BCUT2D eigenvalue weighted by atomic mass is 10.2. The second kappa shape index (κ2) is 6.57. The van der Waals surface area contributed by atoms with E-state index in [9.17, 15) is 4.79 Å². The minimum absolute atomic E-state index is 0.0146. The average molecular weight is 327 g/mol. The molecular formula is C17H17N3O4. The van der Waals surface area contributed by atoms with Crippen LogP contribution in [-0.4, -0.2) is 22.7 Å². The van der Waals surface area contributed by atoms with Crippen LogP contribution in [0, 0.1) is 20.8 Å². The number of anilines is 1. The first-order valence-electron chi connectivity index (χ1n) is 7.41. The Kier molecular flexibility index (Phi) is 4.33. The van der Waals surface area contributed by atoms with E-state index in [1.165, 1.54) is 0 Å². The standard InChI is InChI=1S/C17H17N3O4/c1-10-4-6-13(7-5-10)22-9-15(21)18-17-20-19-16(24-17)14-8-11(2)23-12(14)3/h4-8H,9H2,1-3H3,(H,18,20,21). The second-order valence-electron chi connectivity index (χ2n) is 5.39. The molecular weight excluding hydrogens is 310 g/mol. The van der Waals surface area contributed by atoms with E-state index in [4.69, 9.17) is 13.6 Å². The molecule has 1 aromatic carbocycles. The Balaban J connectivity index is 1.59. The number of hydrogen-bond acceptors (Lipinski definition) is 6. The summed E-state index contributed by atoms with van der Waals surface area (Å²) < 4.78 is 16.2. The SMILES string of the molecule is Cc1ccc(OCC(=O)Nc2nnc(-c3cc(C)oc3C)o2)cc1. The Bertz CT molecular complexity index is 849. The van der Waals surface area contributed by atoms with E-state index in [2.05, 4.69) is 15.5 Å². The smallest absolute Gasteiger partial charge is 0.322 e. The summed E-state index contributed by atoms with van der Waals surface area (Å²) in [7, 11) is 0. The molecule has 1 N–H and O–H groups in total. The molecule has 0 unspecified atom stereocenters. The van der Waals surface area contributed by atoms with Crippen molar-refractivity contribution in [2.24, 2.45) is 0 Å². The van der Waals surface area contributed by atoms with Gasteiger partial charge in [0.1, 0.15) is 17.3 Å². The molecule has 3 aromatic rings. The van der Waals surface area contributed by atoms with E-state index >= 15 is 0 Å². The zero-order chi connectivity index (χ0) is 17.1. The first kappa shape index (κ1) is 15.8. The molecule has 0 radical (unpaired) electrons. The molecule has 0 bridgehead atoms. The molecule has 2 aromatic heterocycles. The van der Waals surface area contributed by atoms with E-state index in [0.29, 0.717) is 23.0 Å². The van der Waals surface area contributed by atoms with E-state index in [1.807, 2.05) is 26.0 Å². The number of rotatable bonds is 5. The van der Waals surface area contributed by atoms with Gasteiger partial charge in [-0.15, -0.1) is 5.10 Å². The Labute approximate surface area is 138 Å². The fourth-order valence-corrected chi connectivity index (χ4v) is 2.16. The van der Waals surface area contributed by atoms with Crippen molar-refractivity contribution in [2.45, 2.75) is 20.8 Å². The molecule has 2 heterocycles. The van der Waals surface area contributed by atoms with E-state index in [1.54, 1.807) is 25.1 Å². The number of aryl methyl sites for hydroxylation is 3. The lowest BCUT2D eigenvalue weighted by Crippen LogP contribution is -2.20. The van der Waals surface area contributed by atoms with Crippen molar-refractivity contribution in [3.05, 3.63) is 47.4 Å². The summed E-state index contributed by atoms with van der Waals surface area (Å²) in [5.74, 6) is 1.95. The Hall–Kier alpha value is -3.09. The van der Waals surface area contributed by atoms with Gasteiger partial charge in [0.15, 0.2) is 6.61 Å². The fraction of sp³-hybridized carbons (Fsp3) is 0.235. The lowest BCUT2D eigenvalue weighted by molar-refractivity contribution is -0.118. The molecule has 0 saturated heterocycles. The highest BCUT2D eigenvalue weighted by molar-refractivity contribution is 5.89. The molecule has 0 fully saturated rings. The Morgan fingerprint density at radius 3 is 2.54 bits per heavy atom. The summed E-state index contributed by atoms with van der Waals surface area (Å²) in [6.07, 6.45) is 0. The fourth-order valence-electron chi connectivity index (χ4n) is 2.16. The number of aromatic nitrogens is 2. The number of nitrogens with one attached hydrogen (secondary N) is 1. The predicted octanol–water partition coefficient (Wildman–Crippen LogP) is 3.27. The molecule has 0 atom stereocenters. The average Bonchev–Trinajstić information content (AvgIpc) is 3.12. The van der Waals surface area contributed by atoms with Gasteiger partial charge in [-0.05, 0) is 39.0 Å². The maximum absolute atomic E-state index is 11.9. The number of hydrogen-bond donors (Lipinski definition) is 1. The number of carbonyl (C=O) groups excluding carboxylic acids is 1. The third-order valence-corrected chi connectivity index (χ3v) is 3.33. The van der Waals surface area contributed by atoms with Crippen molar-refractivity contribution in [1.82, 2.24) is 10.2 Å². The molecule has 3 rings (SSSR count). The predicted molar refractivity (Wildman–Crippen MR) is 86.8 cm³/mol. The minimum atomic E-state index is -0.383. The molecule has 7 heteroatoms. The zero-order valence-corrected chi connectivity index (χ0v) is 13.6. The van der Waals surface area contributed by atoms with Crippen molar-refractivity contribution < 1.29 is 18.4 Å². The molecule has 0 aliphatic rings. The highest BCUT2D eigenvalue weighted by Crippen LogP contribution is 2.26. The number of carbonyl (C=O) groups is 1. The van der Waals surface area contributed by atoms with Gasteiger partial charge < -0.3 is 13.6 Å². The number of ether oxygens (including phenoxy) is 1. The molecule has 1 amide bonds. The van der Waals surface area contributed by atoms with Crippen LogP contribution in [0.2, 0.25) is 0 Å². The van der Waals surface area contributed by atoms with Crippen LogP contribution in [-0.2, 0) is 4.79 Å². The monoisotopic (exact) mass is 327 g/mol. The number of amides is 1. The zero-order valence-electron chi connectivity index (χ0n) is 13.6. The van der Waals surface area contributed by atoms with Crippen LogP contribution in [0.3, 0.4) is 0 Å². The van der Waals surface area contributed by atoms with Crippen LogP contribution in [0.5, 0.6) is 5.75 Å². The highest BCUT2D eigenvalue weighted by atomic mass is 16.5. The van der Waals surface area contributed by atoms with Crippen molar-refractivity contribution in [3.8, 4) is 17.2 Å². The molecule has 0 saturated carbocycles. The van der Waals surface area contributed by atoms with E-state index in [-0.39, 0.29) is 18.5 Å². The summed E-state index contributed by atoms with van der Waals surface area (Å²) in [6.45, 7) is 5.47. The molecule has 0 aliphatic carbocycles. The van der Waals surface area contributed by atoms with Gasteiger partial charge in [0.2, 0.25) is 0 Å². The van der Waals surface area contributed by atoms with Crippen LogP contribution >= 0.6 is 0 Å². The summed E-state index contributed by atoms with van der Waals surface area (Å²) >= 11 is 0. The number of benzene rings is 1. The maximum Gasteiger partial charge on any atom is 0.322 e. The normalized spacial score (nSPS) is 10.6. The van der Waals surface area contributed by atoms with Gasteiger partial charge in [-0.25, -0.2) is 0 Å². The largest absolute Gasteiger partial charge is 0.484 e. The first-order chi connectivity index (χ1) is 11.5. The lowest BCUT2D eigenvalue weighted by Gasteiger charge is -2.05. The second-order valence-corrected chi connectivity index (χ2v) is 5.39. The third kappa shape index (κ3) is 3.62. The van der Waals surface area contributed by atoms with Gasteiger partial charge >= 0.3 is 6.01 Å². The minimum Gasteiger partial charge on any atom is -0.484 e. The summed E-state index contributed by atoms with van der Waals surface area (Å²) in [5.41, 5.74) is 1.83. The van der Waals surface area contributed by atoms with Crippen LogP contribution in [0.25, 0.3) is 11.5 Å². The van der Waals surface area contributed by atoms with Crippen molar-refractivity contribution in [1.29, 1.82) is 0 Å². The van der Waals surface area contributed by atoms with Gasteiger partial charge in [0.05, 0.1) is 5.56 Å². The van der Waals surface area contributed by atoms with Crippen molar-refractivity contribution in [3.63, 3.8) is 0 Å². The van der Waals surface area contributed by atoms with Crippen LogP contribution in [0.4, 0.5) is 6.01 Å². The van der Waals surface area contributed by atoms with Gasteiger partial charge in [-0.3, -0.25) is 10.1 Å². The van der Waals surface area contributed by atoms with Crippen molar-refractivity contribution >= 4 is 11.9 Å². The molecule has 124 valence electrons. The van der Waals surface area contributed by atoms with Crippen LogP contribution in [0.1, 0.15) is 17.1 Å². The summed E-state index contributed by atoms with van der Waals surface area (Å²) in [4.78, 5) is 11.9. The van der Waals surface area contributed by atoms with Crippen LogP contribution < -0.4 is 10.1 Å². The van der Waals surface area contributed by atoms with Gasteiger partial charge in [0.25, 0.3) is 11.8 Å². The summed E-state index contributed by atoms with van der Waals surface area (Å²) in [5, 5.41) is 10.2. The Morgan fingerprint density at radius 1 is 1.12 bits per heavy atom. The van der Waals surface area contributed by atoms with Gasteiger partial charge in [-0.1, -0.05) is 22.8 Å². The number of nitrogens with zero attached hydrogens (tertiary/aromatic N) is 2. The maximum atomic E-state index is 11.9. The van der Waals surface area contributed by atoms with Crippen LogP contribution in [0.15, 0.2) is 39.2 Å². The van der Waals surface area contributed by atoms with E-state index < -0.39 is 0 Å². The van der Waals surface area contributed by atoms with E-state index in [0.717, 1.165) is 11.3 Å². The summed E-state index contributed by atoms with van der Waals surface area (Å²) in [6, 6.07) is 9.24. The van der Waals surface area contributed by atoms with Crippen molar-refractivity contribution in [2.75, 3.05) is 11.9 Å². The quantitative estimate of drug-likeness (QED) is 0.773. The molecule has 0 spiro atoms. The first-order valence-corrected chi connectivity index (χ1v) is 7.41. The molecule has 7 nitrogen and oxygen atoms in total. The topological polar surface area (TPSA) is 90.4 Å². The number of furan rings is 1. The van der Waals surface area contributed by atoms with Gasteiger partial charge in [-0.2, -0.15) is 0 Å².